The second-order valence-electron chi connectivity index (χ2n) is 7.92. The van der Waals surface area contributed by atoms with E-state index in [0.29, 0.717) is 22.5 Å². The first-order valence-corrected chi connectivity index (χ1v) is 11.7. The molecule has 0 fully saturated rings. The van der Waals surface area contributed by atoms with E-state index in [4.69, 9.17) is 4.74 Å². The number of carbonyl (C=O) groups is 3. The van der Waals surface area contributed by atoms with E-state index in [2.05, 4.69) is 29.5 Å². The summed E-state index contributed by atoms with van der Waals surface area (Å²) in [6.07, 6.45) is 1.72. The maximum atomic E-state index is 13.4. The molecule has 1 aliphatic rings. The first kappa shape index (κ1) is 25.0. The van der Waals surface area contributed by atoms with Crippen molar-refractivity contribution in [3.8, 4) is 5.75 Å². The minimum Gasteiger partial charge on any atom is -0.497 e. The van der Waals surface area contributed by atoms with E-state index in [0.717, 1.165) is 17.3 Å². The zero-order valence-corrected chi connectivity index (χ0v) is 20.6. The van der Waals surface area contributed by atoms with Crippen molar-refractivity contribution in [2.24, 2.45) is 4.99 Å². The summed E-state index contributed by atoms with van der Waals surface area (Å²) >= 11 is 1.09. The van der Waals surface area contributed by atoms with Gasteiger partial charge in [0.2, 0.25) is 5.91 Å². The van der Waals surface area contributed by atoms with Crippen molar-refractivity contribution in [3.05, 3.63) is 65.4 Å². The van der Waals surface area contributed by atoms with Crippen LogP contribution in [-0.2, 0) is 9.59 Å². The molecule has 2 aromatic carbocycles. The quantitative estimate of drug-likeness (QED) is 0.606. The smallest absolute Gasteiger partial charge is 0.321 e. The number of rotatable bonds is 6. The van der Waals surface area contributed by atoms with E-state index in [9.17, 15) is 14.4 Å². The molecule has 0 saturated carbocycles. The number of nitrogens with one attached hydrogen (secondary N) is 2. The Morgan fingerprint density at radius 1 is 1.12 bits per heavy atom. The molecule has 8 nitrogen and oxygen atoms in total. The number of urea groups is 1. The number of benzene rings is 2. The number of amides is 4. The highest BCUT2D eigenvalue weighted by molar-refractivity contribution is 8.15. The van der Waals surface area contributed by atoms with Crippen molar-refractivity contribution in [3.63, 3.8) is 0 Å². The fraction of sp³-hybridized carbons (Fsp3) is 0.280. The van der Waals surface area contributed by atoms with Crippen molar-refractivity contribution < 1.29 is 19.1 Å². The number of imide groups is 1. The van der Waals surface area contributed by atoms with Crippen molar-refractivity contribution in [1.82, 2.24) is 10.6 Å². The molecular formula is C25H28N4O4S. The van der Waals surface area contributed by atoms with Gasteiger partial charge in [-0.15, -0.1) is 0 Å². The molecule has 0 saturated heterocycles. The molecule has 0 radical (unpaired) electrons. The molecule has 2 aromatic rings. The third kappa shape index (κ3) is 5.85. The molecule has 2 N–H and O–H groups in total. The van der Waals surface area contributed by atoms with Gasteiger partial charge in [-0.1, -0.05) is 55.9 Å². The number of thioether (sulfide) groups is 1. The molecular weight excluding hydrogens is 452 g/mol. The maximum Gasteiger partial charge on any atom is 0.321 e. The molecule has 0 aliphatic carbocycles. The Labute approximate surface area is 203 Å². The Hall–Kier alpha value is -3.59. The lowest BCUT2D eigenvalue weighted by molar-refractivity contribution is -0.119. The van der Waals surface area contributed by atoms with Crippen LogP contribution in [0.5, 0.6) is 5.75 Å². The van der Waals surface area contributed by atoms with E-state index in [1.54, 1.807) is 44.4 Å². The Balaban J connectivity index is 1.95. The lowest BCUT2D eigenvalue weighted by atomic mass is 10.0. The highest BCUT2D eigenvalue weighted by Gasteiger charge is 2.34. The summed E-state index contributed by atoms with van der Waals surface area (Å²) in [5.41, 5.74) is 2.86. The van der Waals surface area contributed by atoms with Crippen molar-refractivity contribution >= 4 is 46.5 Å². The zero-order valence-electron chi connectivity index (χ0n) is 19.8. The van der Waals surface area contributed by atoms with E-state index in [-0.39, 0.29) is 11.6 Å². The number of carbonyl (C=O) groups excluding carboxylic acids is 3. The van der Waals surface area contributed by atoms with Crippen LogP contribution < -0.4 is 20.3 Å². The number of hydrogen-bond acceptors (Lipinski definition) is 6. The van der Waals surface area contributed by atoms with Gasteiger partial charge in [-0.2, -0.15) is 0 Å². The summed E-state index contributed by atoms with van der Waals surface area (Å²) in [5, 5.41) is 4.25. The predicted molar refractivity (Wildman–Crippen MR) is 136 cm³/mol. The maximum absolute atomic E-state index is 13.4. The van der Waals surface area contributed by atoms with Crippen molar-refractivity contribution in [1.29, 1.82) is 0 Å². The van der Waals surface area contributed by atoms with Gasteiger partial charge in [0.05, 0.1) is 18.0 Å². The SMILES string of the molecule is CNC(=O)NC(=O)[C@@H](C)SC1=N/C(=C\c2ccc(C(C)C)cc2)C(=O)N1c1cccc(OC)c1. The average molecular weight is 481 g/mol. The largest absolute Gasteiger partial charge is 0.497 e. The molecule has 0 aromatic heterocycles. The Kier molecular flexibility index (Phi) is 8.12. The van der Waals surface area contributed by atoms with E-state index in [1.807, 2.05) is 24.3 Å². The van der Waals surface area contributed by atoms with Crippen LogP contribution in [0.1, 0.15) is 37.8 Å². The van der Waals surface area contributed by atoms with Gasteiger partial charge < -0.3 is 10.1 Å². The van der Waals surface area contributed by atoms with Crippen LogP contribution in [0.3, 0.4) is 0 Å². The molecule has 178 valence electrons. The van der Waals surface area contributed by atoms with Crippen molar-refractivity contribution in [2.75, 3.05) is 19.1 Å². The summed E-state index contributed by atoms with van der Waals surface area (Å²) in [5.74, 6) is 0.179. The molecule has 3 rings (SSSR count). The molecule has 0 spiro atoms. The van der Waals surface area contributed by atoms with Crippen molar-refractivity contribution in [2.45, 2.75) is 31.9 Å². The number of nitrogens with zero attached hydrogens (tertiary/aromatic N) is 2. The Morgan fingerprint density at radius 2 is 1.82 bits per heavy atom. The average Bonchev–Trinajstić information content (AvgIpc) is 3.13. The van der Waals surface area contributed by atoms with E-state index in [1.165, 1.54) is 17.5 Å². The summed E-state index contributed by atoms with van der Waals surface area (Å²) in [6, 6.07) is 14.4. The van der Waals surface area contributed by atoms with Crippen LogP contribution in [0.4, 0.5) is 10.5 Å². The Morgan fingerprint density at radius 3 is 2.44 bits per heavy atom. The summed E-state index contributed by atoms with van der Waals surface area (Å²) in [4.78, 5) is 43.3. The fourth-order valence-electron chi connectivity index (χ4n) is 3.18. The van der Waals surface area contributed by atoms with Crippen LogP contribution in [0.2, 0.25) is 0 Å². The topological polar surface area (TPSA) is 100 Å². The van der Waals surface area contributed by atoms with Crippen LogP contribution in [0.15, 0.2) is 59.2 Å². The second kappa shape index (κ2) is 11.0. The third-order valence-corrected chi connectivity index (χ3v) is 6.22. The molecule has 34 heavy (non-hydrogen) atoms. The van der Waals surface area contributed by atoms with E-state index >= 15 is 0 Å². The molecule has 1 heterocycles. The van der Waals surface area contributed by atoms with Gasteiger partial charge in [0, 0.05) is 13.1 Å². The summed E-state index contributed by atoms with van der Waals surface area (Å²) < 4.78 is 5.31. The molecule has 0 bridgehead atoms. The Bertz CT molecular complexity index is 1140. The lowest BCUT2D eigenvalue weighted by Crippen LogP contribution is -2.42. The summed E-state index contributed by atoms with van der Waals surface area (Å²) in [7, 11) is 2.97. The molecule has 1 aliphatic heterocycles. The lowest BCUT2D eigenvalue weighted by Gasteiger charge is -2.20. The number of ether oxygens (including phenoxy) is 1. The minimum absolute atomic E-state index is 0.251. The fourth-order valence-corrected chi connectivity index (χ4v) is 4.10. The molecule has 1 atom stereocenters. The first-order valence-electron chi connectivity index (χ1n) is 10.8. The third-order valence-electron chi connectivity index (χ3n) is 5.16. The molecule has 4 amide bonds. The van der Waals surface area contributed by atoms with Gasteiger partial charge in [-0.3, -0.25) is 19.8 Å². The van der Waals surface area contributed by atoms with Gasteiger partial charge >= 0.3 is 6.03 Å². The van der Waals surface area contributed by atoms with Crippen LogP contribution in [0.25, 0.3) is 6.08 Å². The summed E-state index contributed by atoms with van der Waals surface area (Å²) in [6.45, 7) is 5.89. The highest BCUT2D eigenvalue weighted by Crippen LogP contribution is 2.33. The number of aliphatic imine (C=N–C) groups is 1. The number of amidine groups is 1. The standard InChI is InChI=1S/C25H28N4O4S/c1-15(2)18-11-9-17(10-12-18)13-21-23(31)29(19-7-6-8-20(14-19)33-5)25(27-21)34-16(3)22(30)28-24(32)26-4/h6-16H,1-5H3,(H2,26,28,30,32)/b21-13-/t16-/m1/s1. The highest BCUT2D eigenvalue weighted by atomic mass is 32.2. The van der Waals surface area contributed by atoms with Gasteiger partial charge in [-0.25, -0.2) is 9.79 Å². The van der Waals surface area contributed by atoms with Gasteiger partial charge in [0.1, 0.15) is 11.4 Å². The van der Waals surface area contributed by atoms with Gasteiger partial charge in [-0.05, 0) is 42.2 Å². The normalized spacial score (nSPS) is 15.4. The minimum atomic E-state index is -0.679. The van der Waals surface area contributed by atoms with Crippen LogP contribution in [-0.4, -0.2) is 42.4 Å². The first-order chi connectivity index (χ1) is 16.2. The van der Waals surface area contributed by atoms with Crippen LogP contribution in [0, 0.1) is 0 Å². The number of hydrogen-bond donors (Lipinski definition) is 2. The molecule has 9 heteroatoms. The monoisotopic (exact) mass is 480 g/mol. The van der Waals surface area contributed by atoms with Gasteiger partial charge in [0.15, 0.2) is 5.17 Å². The van der Waals surface area contributed by atoms with E-state index < -0.39 is 17.2 Å². The number of methoxy groups -OCH3 is 1. The zero-order chi connectivity index (χ0) is 24.8. The molecule has 0 unspecified atom stereocenters. The van der Waals surface area contributed by atoms with Crippen LogP contribution >= 0.6 is 11.8 Å². The number of anilines is 1. The predicted octanol–water partition coefficient (Wildman–Crippen LogP) is 4.14. The second-order valence-corrected chi connectivity index (χ2v) is 9.22. The van der Waals surface area contributed by atoms with Gasteiger partial charge in [0.25, 0.3) is 5.91 Å².